The van der Waals surface area contributed by atoms with Gasteiger partial charge in [0.05, 0.1) is 11.7 Å². The Bertz CT molecular complexity index is 1180. The van der Waals surface area contributed by atoms with Gasteiger partial charge in [0, 0.05) is 23.4 Å². The predicted molar refractivity (Wildman–Crippen MR) is 116 cm³/mol. The van der Waals surface area contributed by atoms with E-state index in [9.17, 15) is 20.0 Å². The highest BCUT2D eigenvalue weighted by molar-refractivity contribution is 6.09. The van der Waals surface area contributed by atoms with Crippen LogP contribution in [-0.4, -0.2) is 23.1 Å². The minimum absolute atomic E-state index is 0.0140. The normalized spacial score (nSPS) is 11.1. The number of anilines is 1. The number of hydrogen-bond donors (Lipinski definition) is 2. The molecule has 3 rings (SSSR count). The lowest BCUT2D eigenvalue weighted by Crippen LogP contribution is -2.13. The van der Waals surface area contributed by atoms with Crippen molar-refractivity contribution in [1.82, 2.24) is 0 Å². The van der Waals surface area contributed by atoms with Crippen LogP contribution in [0.25, 0.3) is 17.4 Å². The number of rotatable bonds is 7. The average Bonchev–Trinajstić information content (AvgIpc) is 3.20. The molecule has 0 aliphatic rings. The molecule has 7 nitrogen and oxygen atoms in total. The molecule has 2 aromatic carbocycles. The van der Waals surface area contributed by atoms with E-state index in [2.05, 4.69) is 5.32 Å². The number of nitrogens with one attached hydrogen (secondary N) is 1. The molecule has 7 heteroatoms. The van der Waals surface area contributed by atoms with Crippen LogP contribution in [0.15, 0.2) is 70.7 Å². The first-order valence-corrected chi connectivity index (χ1v) is 9.49. The second kappa shape index (κ2) is 9.46. The highest BCUT2D eigenvalue weighted by Gasteiger charge is 2.15. The Morgan fingerprint density at radius 1 is 1.13 bits per heavy atom. The SMILES string of the molecule is CC(C)Oc1cccc(NC(=O)/C(C#N)=C\c2ccc(-c3ccccc3C(=O)O)o2)c1. The van der Waals surface area contributed by atoms with E-state index in [0.29, 0.717) is 22.8 Å². The molecule has 1 heterocycles. The van der Waals surface area contributed by atoms with Crippen LogP contribution in [0.3, 0.4) is 0 Å². The molecular weight excluding hydrogens is 396 g/mol. The lowest BCUT2D eigenvalue weighted by molar-refractivity contribution is -0.112. The van der Waals surface area contributed by atoms with Crippen molar-refractivity contribution in [2.24, 2.45) is 0 Å². The van der Waals surface area contributed by atoms with Crippen LogP contribution in [0.2, 0.25) is 0 Å². The maximum atomic E-state index is 12.5. The monoisotopic (exact) mass is 416 g/mol. The van der Waals surface area contributed by atoms with Crippen molar-refractivity contribution in [3.63, 3.8) is 0 Å². The fourth-order valence-electron chi connectivity index (χ4n) is 2.87. The van der Waals surface area contributed by atoms with Gasteiger partial charge in [-0.1, -0.05) is 24.3 Å². The van der Waals surface area contributed by atoms with E-state index < -0.39 is 11.9 Å². The minimum atomic E-state index is -1.08. The Kier molecular flexibility index (Phi) is 6.53. The van der Waals surface area contributed by atoms with E-state index >= 15 is 0 Å². The number of ether oxygens (including phenoxy) is 1. The van der Waals surface area contributed by atoms with Crippen LogP contribution in [0.1, 0.15) is 30.0 Å². The van der Waals surface area contributed by atoms with Crippen molar-refractivity contribution in [2.45, 2.75) is 20.0 Å². The Hall–Kier alpha value is -4.31. The number of carbonyl (C=O) groups excluding carboxylic acids is 1. The quantitative estimate of drug-likeness (QED) is 0.415. The number of benzene rings is 2. The van der Waals surface area contributed by atoms with E-state index in [1.807, 2.05) is 19.9 Å². The van der Waals surface area contributed by atoms with Crippen molar-refractivity contribution in [3.8, 4) is 23.1 Å². The Morgan fingerprint density at radius 3 is 2.61 bits per heavy atom. The third kappa shape index (κ3) is 5.40. The number of carbonyl (C=O) groups is 2. The number of nitriles is 1. The van der Waals surface area contributed by atoms with Gasteiger partial charge in [-0.2, -0.15) is 5.26 Å². The fraction of sp³-hybridized carbons (Fsp3) is 0.125. The molecule has 0 atom stereocenters. The summed E-state index contributed by atoms with van der Waals surface area (Å²) in [4.78, 5) is 24.0. The molecule has 0 radical (unpaired) electrons. The van der Waals surface area contributed by atoms with Gasteiger partial charge in [-0.3, -0.25) is 4.79 Å². The van der Waals surface area contributed by atoms with Crippen molar-refractivity contribution in [3.05, 3.63) is 77.6 Å². The van der Waals surface area contributed by atoms with E-state index in [1.54, 1.807) is 54.6 Å². The molecule has 2 N–H and O–H groups in total. The molecule has 0 saturated carbocycles. The molecular formula is C24H20N2O5. The number of nitrogens with zero attached hydrogens (tertiary/aromatic N) is 1. The summed E-state index contributed by atoms with van der Waals surface area (Å²) in [5.74, 6) is -0.514. The van der Waals surface area contributed by atoms with Gasteiger partial charge >= 0.3 is 5.97 Å². The van der Waals surface area contributed by atoms with Crippen molar-refractivity contribution < 1.29 is 23.8 Å². The van der Waals surface area contributed by atoms with Crippen LogP contribution in [-0.2, 0) is 4.79 Å². The van der Waals surface area contributed by atoms with Gasteiger partial charge in [0.1, 0.15) is 28.9 Å². The molecule has 31 heavy (non-hydrogen) atoms. The number of carboxylic acids is 1. The second-order valence-electron chi connectivity index (χ2n) is 6.87. The molecule has 156 valence electrons. The molecule has 0 bridgehead atoms. The Morgan fingerprint density at radius 2 is 1.90 bits per heavy atom. The fourth-order valence-corrected chi connectivity index (χ4v) is 2.87. The summed E-state index contributed by atoms with van der Waals surface area (Å²) in [6.45, 7) is 3.79. The summed E-state index contributed by atoms with van der Waals surface area (Å²) < 4.78 is 11.3. The summed E-state index contributed by atoms with van der Waals surface area (Å²) >= 11 is 0. The van der Waals surface area contributed by atoms with Gasteiger partial charge < -0.3 is 19.6 Å². The van der Waals surface area contributed by atoms with Gasteiger partial charge in [0.15, 0.2) is 0 Å². The number of carboxylic acid groups (broad SMARTS) is 1. The van der Waals surface area contributed by atoms with E-state index in [4.69, 9.17) is 9.15 Å². The molecule has 1 amide bonds. The molecule has 0 spiro atoms. The van der Waals surface area contributed by atoms with Crippen LogP contribution < -0.4 is 10.1 Å². The van der Waals surface area contributed by atoms with E-state index in [0.717, 1.165) is 0 Å². The number of aromatic carboxylic acids is 1. The molecule has 0 saturated heterocycles. The highest BCUT2D eigenvalue weighted by atomic mass is 16.5. The third-order valence-corrected chi connectivity index (χ3v) is 4.17. The zero-order chi connectivity index (χ0) is 22.4. The molecule has 0 fully saturated rings. The maximum Gasteiger partial charge on any atom is 0.336 e. The van der Waals surface area contributed by atoms with Gasteiger partial charge in [-0.25, -0.2) is 4.79 Å². The van der Waals surface area contributed by atoms with Gasteiger partial charge in [-0.15, -0.1) is 0 Å². The zero-order valence-corrected chi connectivity index (χ0v) is 17.0. The summed E-state index contributed by atoms with van der Waals surface area (Å²) in [7, 11) is 0. The van der Waals surface area contributed by atoms with Crippen molar-refractivity contribution >= 4 is 23.6 Å². The maximum absolute atomic E-state index is 12.5. The van der Waals surface area contributed by atoms with Gasteiger partial charge in [0.2, 0.25) is 0 Å². The lowest BCUT2D eigenvalue weighted by atomic mass is 10.1. The summed E-state index contributed by atoms with van der Waals surface area (Å²) in [5, 5.41) is 21.4. The van der Waals surface area contributed by atoms with E-state index in [1.165, 1.54) is 12.1 Å². The van der Waals surface area contributed by atoms with Crippen molar-refractivity contribution in [2.75, 3.05) is 5.32 Å². The number of amides is 1. The van der Waals surface area contributed by atoms with Crippen LogP contribution >= 0.6 is 0 Å². The average molecular weight is 416 g/mol. The molecule has 1 aromatic heterocycles. The van der Waals surface area contributed by atoms with E-state index in [-0.39, 0.29) is 23.0 Å². The third-order valence-electron chi connectivity index (χ3n) is 4.17. The Labute approximate surface area is 179 Å². The van der Waals surface area contributed by atoms with Crippen LogP contribution in [0, 0.1) is 11.3 Å². The summed E-state index contributed by atoms with van der Waals surface area (Å²) in [5.41, 5.74) is 0.816. The first-order valence-electron chi connectivity index (χ1n) is 9.49. The zero-order valence-electron chi connectivity index (χ0n) is 17.0. The smallest absolute Gasteiger partial charge is 0.336 e. The first kappa shape index (κ1) is 21.4. The van der Waals surface area contributed by atoms with Crippen LogP contribution in [0.5, 0.6) is 5.75 Å². The number of hydrogen-bond acceptors (Lipinski definition) is 5. The molecule has 0 aliphatic heterocycles. The molecule has 0 unspecified atom stereocenters. The highest BCUT2D eigenvalue weighted by Crippen LogP contribution is 2.27. The second-order valence-corrected chi connectivity index (χ2v) is 6.87. The molecule has 0 aliphatic carbocycles. The molecule has 3 aromatic rings. The number of furan rings is 1. The largest absolute Gasteiger partial charge is 0.491 e. The van der Waals surface area contributed by atoms with Gasteiger partial charge in [-0.05, 0) is 44.2 Å². The van der Waals surface area contributed by atoms with Gasteiger partial charge in [0.25, 0.3) is 5.91 Å². The summed E-state index contributed by atoms with van der Waals surface area (Å²) in [6, 6.07) is 18.3. The summed E-state index contributed by atoms with van der Waals surface area (Å²) in [6.07, 6.45) is 1.29. The first-order chi connectivity index (χ1) is 14.9. The Balaban J connectivity index is 1.81. The minimum Gasteiger partial charge on any atom is -0.491 e. The van der Waals surface area contributed by atoms with Crippen LogP contribution in [0.4, 0.5) is 5.69 Å². The lowest BCUT2D eigenvalue weighted by Gasteiger charge is -2.11. The standard InChI is InChI=1S/C24H20N2O5/c1-15(2)30-18-7-5-6-17(13-18)26-23(27)16(14-25)12-19-10-11-22(31-19)20-8-3-4-9-21(20)24(28)29/h3-13,15H,1-2H3,(H,26,27)(H,28,29)/b16-12-. The predicted octanol–water partition coefficient (Wildman–Crippen LogP) is 4.98. The van der Waals surface area contributed by atoms with Crippen molar-refractivity contribution in [1.29, 1.82) is 5.26 Å². The topological polar surface area (TPSA) is 113 Å².